The molecular weight excluding hydrogens is 160 g/mol. The van der Waals surface area contributed by atoms with Crippen LogP contribution >= 0.6 is 0 Å². The topological polar surface area (TPSA) is 77.8 Å². The Kier molecular flexibility index (Phi) is 32.7. The van der Waals surface area contributed by atoms with Crippen LogP contribution < -0.4 is 0 Å². The molecule has 4 nitrogen and oxygen atoms in total. The van der Waals surface area contributed by atoms with E-state index in [1.54, 1.807) is 0 Å². The Morgan fingerprint density at radius 1 is 1.25 bits per heavy atom. The maximum absolute atomic E-state index is 9.00. The molecule has 0 heterocycles. The molecule has 3 N–H and O–H groups in total. The van der Waals surface area contributed by atoms with Crippen LogP contribution in [0.5, 0.6) is 0 Å². The molecule has 0 aliphatic carbocycles. The van der Waals surface area contributed by atoms with Crippen molar-refractivity contribution in [3.05, 3.63) is 0 Å². The summed E-state index contributed by atoms with van der Waals surface area (Å²) < 4.78 is 0. The van der Waals surface area contributed by atoms with Crippen molar-refractivity contribution >= 4 is 5.97 Å². The van der Waals surface area contributed by atoms with Crippen LogP contribution in [0.15, 0.2) is 0 Å². The first-order valence-corrected chi connectivity index (χ1v) is 3.90. The highest BCUT2D eigenvalue weighted by atomic mass is 16.4. The zero-order valence-corrected chi connectivity index (χ0v) is 8.08. The Hall–Kier alpha value is -0.610. The van der Waals surface area contributed by atoms with Gasteiger partial charge in [-0.2, -0.15) is 0 Å². The highest BCUT2D eigenvalue weighted by molar-refractivity contribution is 5.62. The monoisotopic (exact) mass is 180 g/mol. The van der Waals surface area contributed by atoms with E-state index in [-0.39, 0.29) is 0 Å². The normalized spacial score (nSPS) is 7.08. The summed E-state index contributed by atoms with van der Waals surface area (Å²) in [5.41, 5.74) is 0. The lowest BCUT2D eigenvalue weighted by Crippen LogP contribution is -1.78. The molecule has 0 saturated heterocycles. The first-order valence-electron chi connectivity index (χ1n) is 3.90. The van der Waals surface area contributed by atoms with Crippen LogP contribution in [-0.4, -0.2) is 35.0 Å². The van der Waals surface area contributed by atoms with Crippen molar-refractivity contribution in [1.29, 1.82) is 0 Å². The minimum atomic E-state index is -0.833. The zero-order chi connectivity index (χ0) is 10.4. The van der Waals surface area contributed by atoms with Gasteiger partial charge in [0.15, 0.2) is 0 Å². The lowest BCUT2D eigenvalue weighted by Gasteiger charge is -1.85. The fourth-order valence-electron chi connectivity index (χ4n) is 0.362. The number of aliphatic hydroxyl groups is 2. The summed E-state index contributed by atoms with van der Waals surface area (Å²) in [6.07, 6.45) is 3.33. The van der Waals surface area contributed by atoms with Gasteiger partial charge in [-0.05, 0) is 6.42 Å². The van der Waals surface area contributed by atoms with Crippen molar-refractivity contribution in [1.82, 2.24) is 0 Å². The van der Waals surface area contributed by atoms with E-state index < -0.39 is 5.97 Å². The van der Waals surface area contributed by atoms with Gasteiger partial charge in [0, 0.05) is 20.6 Å². The molecule has 4 heteroatoms. The Morgan fingerprint density at radius 3 is 1.67 bits per heavy atom. The molecule has 0 aliphatic heterocycles. The lowest BCUT2D eigenvalue weighted by atomic mass is 10.3. The van der Waals surface area contributed by atoms with E-state index >= 15 is 0 Å². The van der Waals surface area contributed by atoms with Gasteiger partial charge in [-0.1, -0.05) is 19.8 Å². The van der Waals surface area contributed by atoms with Gasteiger partial charge in [-0.25, -0.2) is 0 Å². The number of carboxylic acids is 1. The zero-order valence-electron chi connectivity index (χ0n) is 8.08. The molecule has 0 aromatic heterocycles. The summed E-state index contributed by atoms with van der Waals surface area (Å²) in [5, 5.41) is 22.6. The molecule has 0 fully saturated rings. The molecule has 0 spiro atoms. The molecule has 0 bridgehead atoms. The van der Waals surface area contributed by atoms with Crippen molar-refractivity contribution in [2.45, 2.75) is 33.1 Å². The number of unbranched alkanes of at least 4 members (excludes halogenated alkanes) is 2. The third kappa shape index (κ3) is 116. The van der Waals surface area contributed by atoms with E-state index in [9.17, 15) is 0 Å². The Balaban J connectivity index is -0.000000118. The molecule has 0 unspecified atom stereocenters. The van der Waals surface area contributed by atoms with E-state index in [1.807, 2.05) is 0 Å². The Morgan fingerprint density at radius 2 is 1.58 bits per heavy atom. The van der Waals surface area contributed by atoms with Gasteiger partial charge in [0.25, 0.3) is 5.97 Å². The number of aliphatic carboxylic acids is 1. The van der Waals surface area contributed by atoms with Crippen molar-refractivity contribution in [2.24, 2.45) is 0 Å². The summed E-state index contributed by atoms with van der Waals surface area (Å²) in [6, 6.07) is 0. The van der Waals surface area contributed by atoms with Crippen LogP contribution in [0.1, 0.15) is 33.1 Å². The SMILES string of the molecule is CC(=O)O.CCCCCO.CO. The van der Waals surface area contributed by atoms with Crippen LogP contribution in [0.25, 0.3) is 0 Å². The summed E-state index contributed by atoms with van der Waals surface area (Å²) in [4.78, 5) is 9.00. The summed E-state index contributed by atoms with van der Waals surface area (Å²) in [6.45, 7) is 3.56. The van der Waals surface area contributed by atoms with E-state index in [4.69, 9.17) is 20.1 Å². The number of carbonyl (C=O) groups is 1. The van der Waals surface area contributed by atoms with Crippen LogP contribution in [0.4, 0.5) is 0 Å². The lowest BCUT2D eigenvalue weighted by molar-refractivity contribution is -0.134. The van der Waals surface area contributed by atoms with Crippen molar-refractivity contribution in [3.8, 4) is 0 Å². The molecule has 0 aliphatic rings. The molecule has 0 radical (unpaired) electrons. The molecular formula is C8H20O4. The van der Waals surface area contributed by atoms with Gasteiger partial charge in [-0.3, -0.25) is 4.79 Å². The molecule has 0 amide bonds. The molecule has 0 atom stereocenters. The molecule has 76 valence electrons. The number of carboxylic acid groups (broad SMARTS) is 1. The summed E-state index contributed by atoms with van der Waals surface area (Å²) in [7, 11) is 1.00. The highest BCUT2D eigenvalue weighted by Gasteiger charge is 1.76. The fraction of sp³-hybridized carbons (Fsp3) is 0.875. The van der Waals surface area contributed by atoms with Gasteiger partial charge >= 0.3 is 0 Å². The third-order valence-corrected chi connectivity index (χ3v) is 0.762. The predicted octanol–water partition coefficient (Wildman–Crippen LogP) is 0.868. The smallest absolute Gasteiger partial charge is 0.300 e. The van der Waals surface area contributed by atoms with Crippen LogP contribution in [0, 0.1) is 0 Å². The summed E-state index contributed by atoms with van der Waals surface area (Å²) in [5.74, 6) is -0.833. The first kappa shape index (κ1) is 17.5. The second-order valence-corrected chi connectivity index (χ2v) is 1.95. The van der Waals surface area contributed by atoms with Crippen LogP contribution in [0.2, 0.25) is 0 Å². The highest BCUT2D eigenvalue weighted by Crippen LogP contribution is 1.89. The fourth-order valence-corrected chi connectivity index (χ4v) is 0.362. The second-order valence-electron chi connectivity index (χ2n) is 1.95. The average molecular weight is 180 g/mol. The van der Waals surface area contributed by atoms with Gasteiger partial charge in [0.1, 0.15) is 0 Å². The minimum Gasteiger partial charge on any atom is -0.481 e. The Bertz CT molecular complexity index is 65.5. The van der Waals surface area contributed by atoms with Gasteiger partial charge < -0.3 is 15.3 Å². The second kappa shape index (κ2) is 22.4. The van der Waals surface area contributed by atoms with Gasteiger partial charge in [0.05, 0.1) is 0 Å². The number of hydrogen-bond acceptors (Lipinski definition) is 3. The predicted molar refractivity (Wildman–Crippen MR) is 48.1 cm³/mol. The van der Waals surface area contributed by atoms with Crippen LogP contribution in [-0.2, 0) is 4.79 Å². The molecule has 0 rings (SSSR count). The van der Waals surface area contributed by atoms with Crippen molar-refractivity contribution in [3.63, 3.8) is 0 Å². The maximum Gasteiger partial charge on any atom is 0.300 e. The number of hydrogen-bond donors (Lipinski definition) is 3. The maximum atomic E-state index is 9.00. The minimum absolute atomic E-state index is 0.355. The van der Waals surface area contributed by atoms with E-state index in [0.29, 0.717) is 6.61 Å². The third-order valence-electron chi connectivity index (χ3n) is 0.762. The van der Waals surface area contributed by atoms with Crippen LogP contribution in [0.3, 0.4) is 0 Å². The molecule has 0 saturated carbocycles. The quantitative estimate of drug-likeness (QED) is 0.563. The Labute approximate surface area is 73.8 Å². The van der Waals surface area contributed by atoms with E-state index in [1.165, 1.54) is 6.42 Å². The number of rotatable bonds is 3. The molecule has 12 heavy (non-hydrogen) atoms. The van der Waals surface area contributed by atoms with E-state index in [0.717, 1.165) is 26.9 Å². The average Bonchev–Trinajstić information content (AvgIpc) is 2.04. The first-order chi connectivity index (χ1) is 5.65. The molecule has 0 aromatic carbocycles. The van der Waals surface area contributed by atoms with E-state index in [2.05, 4.69) is 6.92 Å². The largest absolute Gasteiger partial charge is 0.481 e. The van der Waals surface area contributed by atoms with Gasteiger partial charge in [0.2, 0.25) is 0 Å². The van der Waals surface area contributed by atoms with Gasteiger partial charge in [-0.15, -0.1) is 0 Å². The summed E-state index contributed by atoms with van der Waals surface area (Å²) >= 11 is 0. The van der Waals surface area contributed by atoms with Crippen molar-refractivity contribution in [2.75, 3.05) is 13.7 Å². The van der Waals surface area contributed by atoms with Crippen molar-refractivity contribution < 1.29 is 20.1 Å². The standard InChI is InChI=1S/C5H12O.C2H4O2.CH4O/c1-2-3-4-5-6;1-2(3)4;1-2/h6H,2-5H2,1H3;1H3,(H,3,4);2H,1H3. The molecule has 0 aromatic rings. The number of aliphatic hydroxyl groups excluding tert-OH is 2.